The summed E-state index contributed by atoms with van der Waals surface area (Å²) in [5.41, 5.74) is 2.29. The van der Waals surface area contributed by atoms with Crippen LogP contribution in [0.5, 0.6) is 17.2 Å². The summed E-state index contributed by atoms with van der Waals surface area (Å²) in [6.45, 7) is 7.25. The van der Waals surface area contributed by atoms with E-state index in [4.69, 9.17) is 13.9 Å². The van der Waals surface area contributed by atoms with Crippen molar-refractivity contribution in [3.05, 3.63) is 98.4 Å². The van der Waals surface area contributed by atoms with Crippen LogP contribution < -0.4 is 14.9 Å². The number of hydrogen-bond donors (Lipinski definition) is 0. The van der Waals surface area contributed by atoms with E-state index in [1.807, 2.05) is 19.9 Å². The van der Waals surface area contributed by atoms with Crippen LogP contribution in [-0.4, -0.2) is 5.97 Å². The Morgan fingerprint density at radius 2 is 1.51 bits per heavy atom. The van der Waals surface area contributed by atoms with E-state index in [-0.39, 0.29) is 28.0 Å². The molecule has 0 saturated carbocycles. The first-order chi connectivity index (χ1) is 16.4. The summed E-state index contributed by atoms with van der Waals surface area (Å²) in [6, 6.07) is 13.5. The second-order valence-electron chi connectivity index (χ2n) is 8.36. The number of esters is 1. The number of hydrogen-bond acceptors (Lipinski definition) is 5. The Morgan fingerprint density at radius 1 is 0.829 bits per heavy atom. The minimum absolute atomic E-state index is 0.0695. The summed E-state index contributed by atoms with van der Waals surface area (Å²) in [5.74, 6) is -3.22. The highest BCUT2D eigenvalue weighted by atomic mass is 19.4. The molecule has 1 heterocycles. The van der Waals surface area contributed by atoms with E-state index in [0.29, 0.717) is 0 Å². The lowest BCUT2D eigenvalue weighted by Crippen LogP contribution is -2.16. The zero-order valence-corrected chi connectivity index (χ0v) is 19.4. The van der Waals surface area contributed by atoms with Crippen LogP contribution in [0.3, 0.4) is 0 Å². The molecule has 4 rings (SSSR count). The molecule has 0 spiro atoms. The molecule has 0 radical (unpaired) electrons. The Hall–Kier alpha value is -4.07. The second-order valence-corrected chi connectivity index (χ2v) is 8.36. The Balaban J connectivity index is 1.76. The number of fused-ring (bicyclic) bond motifs is 1. The van der Waals surface area contributed by atoms with Gasteiger partial charge in [0.2, 0.25) is 11.2 Å². The quantitative estimate of drug-likeness (QED) is 0.230. The van der Waals surface area contributed by atoms with Gasteiger partial charge in [0.05, 0.1) is 10.9 Å². The molecule has 0 aliphatic heterocycles. The largest absolute Gasteiger partial charge is 0.453 e. The summed E-state index contributed by atoms with van der Waals surface area (Å²) >= 11 is 0. The van der Waals surface area contributed by atoms with E-state index in [2.05, 4.69) is 0 Å². The van der Waals surface area contributed by atoms with Crippen LogP contribution in [0, 0.1) is 27.7 Å². The van der Waals surface area contributed by atoms with Crippen molar-refractivity contribution in [3.63, 3.8) is 0 Å². The van der Waals surface area contributed by atoms with Gasteiger partial charge in [-0.05, 0) is 86.3 Å². The van der Waals surface area contributed by atoms with Crippen LogP contribution in [-0.2, 0) is 6.18 Å². The number of carbonyl (C=O) groups is 1. The lowest BCUT2D eigenvalue weighted by molar-refractivity contribution is -0.154. The predicted molar refractivity (Wildman–Crippen MR) is 124 cm³/mol. The number of halogens is 3. The molecule has 0 bridgehead atoms. The van der Waals surface area contributed by atoms with Gasteiger partial charge in [-0.25, -0.2) is 4.79 Å². The standard InChI is InChI=1S/C27H21F3O5/c1-14-9-15(2)11-20(10-14)33-24-23(31)21-8-7-19(13-22(21)35-25(24)27(28,29)30)34-26(32)18-6-5-16(3)17(4)12-18/h5-13H,1-4H3. The molecule has 0 unspecified atom stereocenters. The molecule has 180 valence electrons. The molecular weight excluding hydrogens is 461 g/mol. The molecule has 4 aromatic rings. The van der Waals surface area contributed by atoms with Gasteiger partial charge >= 0.3 is 12.1 Å². The van der Waals surface area contributed by atoms with Gasteiger partial charge in [0.15, 0.2) is 0 Å². The molecule has 0 amide bonds. The van der Waals surface area contributed by atoms with Crippen LogP contribution in [0.15, 0.2) is 63.8 Å². The van der Waals surface area contributed by atoms with E-state index in [9.17, 15) is 22.8 Å². The average molecular weight is 482 g/mol. The summed E-state index contributed by atoms with van der Waals surface area (Å²) in [6.07, 6.45) is -5.01. The molecule has 0 fully saturated rings. The molecule has 0 aliphatic carbocycles. The lowest BCUT2D eigenvalue weighted by atomic mass is 10.1. The van der Waals surface area contributed by atoms with Crippen molar-refractivity contribution in [3.8, 4) is 17.2 Å². The van der Waals surface area contributed by atoms with Crippen molar-refractivity contribution in [1.29, 1.82) is 0 Å². The number of aryl methyl sites for hydroxylation is 4. The molecule has 3 aromatic carbocycles. The van der Waals surface area contributed by atoms with Crippen molar-refractivity contribution in [2.45, 2.75) is 33.9 Å². The smallest absolute Gasteiger partial charge is 0.449 e. The first kappa shape index (κ1) is 24.1. The van der Waals surface area contributed by atoms with Crippen LogP contribution in [0.2, 0.25) is 0 Å². The van der Waals surface area contributed by atoms with E-state index in [1.165, 1.54) is 24.3 Å². The minimum atomic E-state index is -5.01. The topological polar surface area (TPSA) is 65.7 Å². The third-order valence-corrected chi connectivity index (χ3v) is 5.45. The first-order valence-corrected chi connectivity index (χ1v) is 10.7. The Morgan fingerprint density at radius 3 is 2.14 bits per heavy atom. The van der Waals surface area contributed by atoms with Crippen molar-refractivity contribution >= 4 is 16.9 Å². The zero-order valence-electron chi connectivity index (χ0n) is 19.4. The molecular formula is C27H21F3O5. The summed E-state index contributed by atoms with van der Waals surface area (Å²) in [5, 5.41) is -0.150. The highest BCUT2D eigenvalue weighted by molar-refractivity contribution is 5.92. The van der Waals surface area contributed by atoms with Crippen molar-refractivity contribution in [2.75, 3.05) is 0 Å². The second kappa shape index (κ2) is 8.94. The fourth-order valence-electron chi connectivity index (χ4n) is 3.64. The number of ether oxygens (including phenoxy) is 2. The highest BCUT2D eigenvalue weighted by Crippen LogP contribution is 2.39. The van der Waals surface area contributed by atoms with Gasteiger partial charge in [0.25, 0.3) is 5.76 Å². The first-order valence-electron chi connectivity index (χ1n) is 10.7. The van der Waals surface area contributed by atoms with Gasteiger partial charge < -0.3 is 13.9 Å². The van der Waals surface area contributed by atoms with Crippen LogP contribution in [0.1, 0.15) is 38.4 Å². The minimum Gasteiger partial charge on any atom is -0.449 e. The average Bonchev–Trinajstić information content (AvgIpc) is 2.76. The monoisotopic (exact) mass is 482 g/mol. The van der Waals surface area contributed by atoms with Crippen molar-refractivity contribution < 1.29 is 31.9 Å². The molecule has 1 aromatic heterocycles. The van der Waals surface area contributed by atoms with Gasteiger partial charge in [-0.15, -0.1) is 0 Å². The van der Waals surface area contributed by atoms with E-state index >= 15 is 0 Å². The number of benzene rings is 3. The summed E-state index contributed by atoms with van der Waals surface area (Å²) < 4.78 is 57.3. The summed E-state index contributed by atoms with van der Waals surface area (Å²) in [7, 11) is 0. The maximum absolute atomic E-state index is 13.8. The van der Waals surface area contributed by atoms with Crippen LogP contribution in [0.4, 0.5) is 13.2 Å². The molecule has 35 heavy (non-hydrogen) atoms. The Bertz CT molecular complexity index is 1500. The van der Waals surface area contributed by atoms with Crippen LogP contribution in [0.25, 0.3) is 11.0 Å². The number of rotatable bonds is 4. The van der Waals surface area contributed by atoms with Gasteiger partial charge in [0, 0.05) is 6.07 Å². The van der Waals surface area contributed by atoms with Crippen molar-refractivity contribution in [1.82, 2.24) is 0 Å². The molecule has 0 atom stereocenters. The van der Waals surface area contributed by atoms with Gasteiger partial charge in [-0.3, -0.25) is 4.79 Å². The number of alkyl halides is 3. The lowest BCUT2D eigenvalue weighted by Gasteiger charge is -2.14. The third-order valence-electron chi connectivity index (χ3n) is 5.45. The SMILES string of the molecule is Cc1cc(C)cc(Oc2c(C(F)(F)F)oc3cc(OC(=O)c4ccc(C)c(C)c4)ccc3c2=O)c1. The molecule has 0 N–H and O–H groups in total. The molecule has 0 aliphatic rings. The number of carbonyl (C=O) groups excluding carboxylic acids is 1. The Labute approximate surface area is 198 Å². The maximum Gasteiger partial charge on any atom is 0.453 e. The van der Waals surface area contributed by atoms with E-state index in [0.717, 1.165) is 28.3 Å². The fourth-order valence-corrected chi connectivity index (χ4v) is 3.64. The van der Waals surface area contributed by atoms with Crippen LogP contribution >= 0.6 is 0 Å². The fraction of sp³-hybridized carbons (Fsp3) is 0.185. The van der Waals surface area contributed by atoms with E-state index < -0.39 is 29.1 Å². The zero-order chi connectivity index (χ0) is 25.5. The maximum atomic E-state index is 13.8. The highest BCUT2D eigenvalue weighted by Gasteiger charge is 2.40. The summed E-state index contributed by atoms with van der Waals surface area (Å²) in [4.78, 5) is 25.5. The van der Waals surface area contributed by atoms with Crippen molar-refractivity contribution in [2.24, 2.45) is 0 Å². The predicted octanol–water partition coefficient (Wildman–Crippen LogP) is 7.06. The van der Waals surface area contributed by atoms with Gasteiger partial charge in [0.1, 0.15) is 17.1 Å². The third kappa shape index (κ3) is 5.06. The molecule has 8 heteroatoms. The Kier molecular flexibility index (Phi) is 6.15. The normalized spacial score (nSPS) is 11.5. The van der Waals surface area contributed by atoms with Gasteiger partial charge in [-0.2, -0.15) is 13.2 Å². The molecule has 5 nitrogen and oxygen atoms in total. The molecule has 0 saturated heterocycles. The van der Waals surface area contributed by atoms with E-state index in [1.54, 1.807) is 32.0 Å². The van der Waals surface area contributed by atoms with Gasteiger partial charge in [-0.1, -0.05) is 12.1 Å².